The van der Waals surface area contributed by atoms with Crippen LogP contribution in [0.5, 0.6) is 5.75 Å². The molecule has 5 rings (SSSR count). The van der Waals surface area contributed by atoms with Gasteiger partial charge in [-0.15, -0.1) is 11.3 Å². The lowest BCUT2D eigenvalue weighted by molar-refractivity contribution is 0.390. The van der Waals surface area contributed by atoms with E-state index < -0.39 is 0 Å². The Morgan fingerprint density at radius 3 is 3.00 bits per heavy atom. The molecule has 0 saturated carbocycles. The summed E-state index contributed by atoms with van der Waals surface area (Å²) in [5.41, 5.74) is 8.46. The largest absolute Gasteiger partial charge is 0.496 e. The number of aromatic nitrogens is 4. The number of aryl methyl sites for hydroxylation is 1. The summed E-state index contributed by atoms with van der Waals surface area (Å²) in [6.45, 7) is 2.30. The van der Waals surface area contributed by atoms with E-state index in [-0.39, 0.29) is 0 Å². The predicted octanol–water partition coefficient (Wildman–Crippen LogP) is 4.75. The highest BCUT2D eigenvalue weighted by Gasteiger charge is 2.23. The summed E-state index contributed by atoms with van der Waals surface area (Å²) in [5, 5.41) is 5.76. The van der Waals surface area contributed by atoms with E-state index in [2.05, 4.69) is 22.0 Å². The molecule has 1 aliphatic carbocycles. The lowest BCUT2D eigenvalue weighted by atomic mass is 9.89. The van der Waals surface area contributed by atoms with Crippen molar-refractivity contribution < 1.29 is 9.26 Å². The molecule has 1 atom stereocenters. The fourth-order valence-corrected chi connectivity index (χ4v) is 5.93. The smallest absolute Gasteiger partial charge is 0.237 e. The Kier molecular flexibility index (Phi) is 5.08. The van der Waals surface area contributed by atoms with Gasteiger partial charge in [0, 0.05) is 4.88 Å². The molecule has 1 aliphatic rings. The van der Waals surface area contributed by atoms with E-state index in [1.165, 1.54) is 28.6 Å². The second kappa shape index (κ2) is 7.88. The fraction of sp³-hybridized carbons (Fsp3) is 0.333. The molecule has 30 heavy (non-hydrogen) atoms. The molecule has 0 aliphatic heterocycles. The highest BCUT2D eigenvalue weighted by molar-refractivity contribution is 7.98. The van der Waals surface area contributed by atoms with E-state index in [0.717, 1.165) is 28.6 Å². The van der Waals surface area contributed by atoms with Crippen LogP contribution in [-0.2, 0) is 18.6 Å². The molecule has 0 unspecified atom stereocenters. The normalized spacial score (nSPS) is 16.0. The lowest BCUT2D eigenvalue weighted by Crippen LogP contribution is -2.09. The quantitative estimate of drug-likeness (QED) is 0.351. The van der Waals surface area contributed by atoms with Crippen molar-refractivity contribution in [3.8, 4) is 17.1 Å². The van der Waals surface area contributed by atoms with Crippen molar-refractivity contribution >= 4 is 39.1 Å². The molecule has 0 spiro atoms. The third kappa shape index (κ3) is 3.52. The second-order valence-corrected chi connectivity index (χ2v) is 9.45. The standard InChI is InChI=1S/C21H21N5O2S2/c1-11-7-8-13-15(9-11)30-20-17(13)18(22)24-21(25-20)29-10-16-23-19(26-28-16)12-5-3-4-6-14(12)27-2/h3-6,11H,7-10H2,1-2H3,(H2,22,24,25)/t11-/m0/s1. The summed E-state index contributed by atoms with van der Waals surface area (Å²) < 4.78 is 10.8. The van der Waals surface area contributed by atoms with Gasteiger partial charge in [0.25, 0.3) is 0 Å². The lowest BCUT2D eigenvalue weighted by Gasteiger charge is -2.17. The van der Waals surface area contributed by atoms with E-state index in [1.54, 1.807) is 18.4 Å². The van der Waals surface area contributed by atoms with Gasteiger partial charge in [-0.1, -0.05) is 36.0 Å². The first-order valence-corrected chi connectivity index (χ1v) is 11.6. The van der Waals surface area contributed by atoms with Crippen LogP contribution in [-0.4, -0.2) is 27.2 Å². The molecule has 0 radical (unpaired) electrons. The number of para-hydroxylation sites is 1. The zero-order valence-electron chi connectivity index (χ0n) is 16.7. The molecule has 0 bridgehead atoms. The second-order valence-electron chi connectivity index (χ2n) is 7.42. The molecule has 4 aromatic rings. The van der Waals surface area contributed by atoms with Crippen molar-refractivity contribution in [3.05, 3.63) is 40.6 Å². The summed E-state index contributed by atoms with van der Waals surface area (Å²) in [4.78, 5) is 16.2. The van der Waals surface area contributed by atoms with Crippen LogP contribution in [0.2, 0.25) is 0 Å². The van der Waals surface area contributed by atoms with Gasteiger partial charge < -0.3 is 15.0 Å². The highest BCUT2D eigenvalue weighted by Crippen LogP contribution is 2.40. The number of rotatable bonds is 5. The minimum Gasteiger partial charge on any atom is -0.496 e. The van der Waals surface area contributed by atoms with E-state index >= 15 is 0 Å². The molecule has 0 fully saturated rings. The van der Waals surface area contributed by atoms with Crippen molar-refractivity contribution in [3.63, 3.8) is 0 Å². The number of hydrogen-bond donors (Lipinski definition) is 1. The third-order valence-electron chi connectivity index (χ3n) is 5.30. The molecule has 0 amide bonds. The molecule has 2 N–H and O–H groups in total. The predicted molar refractivity (Wildman–Crippen MR) is 119 cm³/mol. The monoisotopic (exact) mass is 439 g/mol. The summed E-state index contributed by atoms with van der Waals surface area (Å²) in [7, 11) is 1.62. The average Bonchev–Trinajstić information content (AvgIpc) is 3.36. The Morgan fingerprint density at radius 1 is 1.27 bits per heavy atom. The number of nitrogens with zero attached hydrogens (tertiary/aromatic N) is 4. The number of thioether (sulfide) groups is 1. The number of thiophene rings is 1. The van der Waals surface area contributed by atoms with Crippen LogP contribution in [0.1, 0.15) is 29.7 Å². The number of nitrogens with two attached hydrogens (primary N) is 1. The molecule has 154 valence electrons. The summed E-state index contributed by atoms with van der Waals surface area (Å²) in [6, 6.07) is 7.58. The van der Waals surface area contributed by atoms with Crippen LogP contribution in [0.25, 0.3) is 21.6 Å². The van der Waals surface area contributed by atoms with Crippen molar-refractivity contribution in [2.45, 2.75) is 37.1 Å². The van der Waals surface area contributed by atoms with Gasteiger partial charge in [-0.3, -0.25) is 0 Å². The number of fused-ring (bicyclic) bond motifs is 3. The van der Waals surface area contributed by atoms with Crippen molar-refractivity contribution in [1.29, 1.82) is 0 Å². The first kappa shape index (κ1) is 19.3. The van der Waals surface area contributed by atoms with Crippen LogP contribution < -0.4 is 10.5 Å². The molecule has 7 nitrogen and oxygen atoms in total. The number of methoxy groups -OCH3 is 1. The molecule has 3 heterocycles. The first-order valence-electron chi connectivity index (χ1n) is 9.79. The van der Waals surface area contributed by atoms with E-state index in [1.807, 2.05) is 24.3 Å². The van der Waals surface area contributed by atoms with Crippen LogP contribution in [0.15, 0.2) is 33.9 Å². The maximum Gasteiger partial charge on any atom is 0.237 e. The first-order chi connectivity index (χ1) is 14.6. The van der Waals surface area contributed by atoms with Gasteiger partial charge in [-0.2, -0.15) is 4.98 Å². The number of anilines is 1. The number of nitrogen functional groups attached to an aromatic ring is 1. The maximum absolute atomic E-state index is 6.32. The van der Waals surface area contributed by atoms with Gasteiger partial charge in [0.15, 0.2) is 5.16 Å². The Labute approximate surface area is 182 Å². The van der Waals surface area contributed by atoms with Crippen molar-refractivity contribution in [2.75, 3.05) is 12.8 Å². The van der Waals surface area contributed by atoms with Crippen LogP contribution >= 0.6 is 23.1 Å². The van der Waals surface area contributed by atoms with Gasteiger partial charge >= 0.3 is 0 Å². The molecule has 1 aromatic carbocycles. The summed E-state index contributed by atoms with van der Waals surface area (Å²) in [5.74, 6) is 3.45. The average molecular weight is 440 g/mol. The fourth-order valence-electron chi connectivity index (χ4n) is 3.79. The molecular weight excluding hydrogens is 418 g/mol. The minimum absolute atomic E-state index is 0.467. The minimum atomic E-state index is 0.467. The van der Waals surface area contributed by atoms with Crippen LogP contribution in [0.4, 0.5) is 5.82 Å². The zero-order valence-corrected chi connectivity index (χ0v) is 18.3. The van der Waals surface area contributed by atoms with Crippen molar-refractivity contribution in [2.24, 2.45) is 5.92 Å². The Hall–Kier alpha value is -2.65. The van der Waals surface area contributed by atoms with Crippen LogP contribution in [0.3, 0.4) is 0 Å². The maximum atomic E-state index is 6.32. The summed E-state index contributed by atoms with van der Waals surface area (Å²) >= 11 is 3.19. The Balaban J connectivity index is 1.36. The Morgan fingerprint density at radius 2 is 2.13 bits per heavy atom. The van der Waals surface area contributed by atoms with Gasteiger partial charge in [0.1, 0.15) is 16.4 Å². The molecular formula is C21H21N5O2S2. The van der Waals surface area contributed by atoms with Gasteiger partial charge in [-0.05, 0) is 42.9 Å². The SMILES string of the molecule is COc1ccccc1-c1noc(CSc2nc(N)c3c4c(sc3n2)C[C@@H](C)CC4)n1. The van der Waals surface area contributed by atoms with E-state index in [4.69, 9.17) is 20.0 Å². The van der Waals surface area contributed by atoms with Gasteiger partial charge in [-0.25, -0.2) is 9.97 Å². The van der Waals surface area contributed by atoms with Crippen molar-refractivity contribution in [1.82, 2.24) is 20.1 Å². The number of ether oxygens (including phenoxy) is 1. The topological polar surface area (TPSA) is 100.0 Å². The van der Waals surface area contributed by atoms with Crippen LogP contribution in [0, 0.1) is 5.92 Å². The zero-order chi connectivity index (χ0) is 20.7. The molecule has 0 saturated heterocycles. The van der Waals surface area contributed by atoms with E-state index in [9.17, 15) is 0 Å². The number of benzene rings is 1. The molecule has 3 aromatic heterocycles. The Bertz CT molecular complexity index is 1220. The van der Waals surface area contributed by atoms with Gasteiger partial charge in [0.2, 0.25) is 11.7 Å². The highest BCUT2D eigenvalue weighted by atomic mass is 32.2. The van der Waals surface area contributed by atoms with Gasteiger partial charge in [0.05, 0.1) is 23.8 Å². The summed E-state index contributed by atoms with van der Waals surface area (Å²) in [6.07, 6.45) is 3.36. The van der Waals surface area contributed by atoms with E-state index in [0.29, 0.717) is 40.1 Å². The number of hydrogen-bond acceptors (Lipinski definition) is 9. The molecule has 9 heteroatoms. The third-order valence-corrected chi connectivity index (χ3v) is 7.28.